The van der Waals surface area contributed by atoms with Gasteiger partial charge in [-0.2, -0.15) is 0 Å². The summed E-state index contributed by atoms with van der Waals surface area (Å²) in [6.45, 7) is 13.5. The van der Waals surface area contributed by atoms with Crippen molar-refractivity contribution in [1.29, 1.82) is 0 Å². The first-order valence-electron chi connectivity index (χ1n) is 28.2. The number of ether oxygens (including phenoxy) is 9. The van der Waals surface area contributed by atoms with Gasteiger partial charge in [-0.05, 0) is 84.9 Å². The van der Waals surface area contributed by atoms with Crippen molar-refractivity contribution in [2.24, 2.45) is 44.8 Å². The molecule has 4 saturated heterocycles. The lowest BCUT2D eigenvalue weighted by molar-refractivity contribution is -0.407. The molecule has 0 aromatic rings. The van der Waals surface area contributed by atoms with E-state index in [1.54, 1.807) is 0 Å². The van der Waals surface area contributed by atoms with Crippen LogP contribution in [0.15, 0.2) is 11.6 Å². The molecule has 9 aliphatic rings. The second kappa shape index (κ2) is 22.4. The van der Waals surface area contributed by atoms with E-state index in [9.17, 15) is 80.8 Å². The molecule has 5 aliphatic carbocycles. The van der Waals surface area contributed by atoms with Crippen LogP contribution in [0, 0.1) is 44.8 Å². The number of hydrogen-bond acceptors (Lipinski definition) is 24. The molecule has 9 rings (SSSR count). The predicted octanol–water partition coefficient (Wildman–Crippen LogP) is -1.97. The molecule has 456 valence electrons. The molecule has 25 heteroatoms. The monoisotopic (exact) mass is 1150 g/mol. The molecule has 4 saturated carbocycles. The molecule has 4 heterocycles. The van der Waals surface area contributed by atoms with Crippen LogP contribution in [0.5, 0.6) is 0 Å². The summed E-state index contributed by atoms with van der Waals surface area (Å²) >= 11 is 0. The molecule has 13 N–H and O–H groups in total. The Bertz CT molecular complexity index is 2300. The quantitative estimate of drug-likeness (QED) is 0.0541. The summed E-state index contributed by atoms with van der Waals surface area (Å²) in [5.74, 6) is -3.03. The van der Waals surface area contributed by atoms with Crippen molar-refractivity contribution in [3.8, 4) is 0 Å². The van der Waals surface area contributed by atoms with E-state index in [2.05, 4.69) is 40.7 Å². The van der Waals surface area contributed by atoms with E-state index < -0.39 is 177 Å². The Morgan fingerprint density at radius 2 is 1.15 bits per heavy atom. The number of hydrogen-bond donors (Lipinski definition) is 13. The van der Waals surface area contributed by atoms with Crippen LogP contribution in [0.3, 0.4) is 0 Å². The molecule has 80 heavy (non-hydrogen) atoms. The number of carbonyl (C=O) groups is 3. The molecule has 0 spiro atoms. The Balaban J connectivity index is 1.06. The van der Waals surface area contributed by atoms with Gasteiger partial charge in [-0.3, -0.25) is 9.59 Å². The third-order valence-corrected chi connectivity index (χ3v) is 21.1. The fourth-order valence-corrected chi connectivity index (χ4v) is 16.3. The third kappa shape index (κ3) is 10.2. The smallest absolute Gasteiger partial charge is 0.335 e. The van der Waals surface area contributed by atoms with E-state index in [0.717, 1.165) is 19.8 Å². The highest BCUT2D eigenvalue weighted by Gasteiger charge is 2.71. The summed E-state index contributed by atoms with van der Waals surface area (Å²) in [4.78, 5) is 39.6. The van der Waals surface area contributed by atoms with Gasteiger partial charge in [0.25, 0.3) is 0 Å². The fraction of sp³-hybridized carbons (Fsp3) is 0.909. The Hall–Kier alpha value is -2.45. The molecule has 25 nitrogen and oxygen atoms in total. The maximum absolute atomic E-state index is 14.3. The van der Waals surface area contributed by atoms with Crippen LogP contribution < -0.4 is 0 Å². The second-order valence-electron chi connectivity index (χ2n) is 26.5. The van der Waals surface area contributed by atoms with Crippen molar-refractivity contribution >= 4 is 17.7 Å². The molecule has 0 aromatic heterocycles. The number of Topliss-reactive ketones (excluding diaryl/α,β-unsaturated/α-hetero) is 1. The van der Waals surface area contributed by atoms with Gasteiger partial charge in [0.1, 0.15) is 91.1 Å². The summed E-state index contributed by atoms with van der Waals surface area (Å²) in [6.07, 6.45) is -32.4. The maximum atomic E-state index is 14.3. The molecule has 0 aromatic carbocycles. The summed E-state index contributed by atoms with van der Waals surface area (Å²) in [7, 11) is 0. The number of allylic oxidation sites excluding steroid dienone is 1. The van der Waals surface area contributed by atoms with Crippen LogP contribution in [0.4, 0.5) is 0 Å². The fourth-order valence-electron chi connectivity index (χ4n) is 16.3. The van der Waals surface area contributed by atoms with Gasteiger partial charge in [0.2, 0.25) is 0 Å². The predicted molar refractivity (Wildman–Crippen MR) is 269 cm³/mol. The third-order valence-electron chi connectivity index (χ3n) is 21.1. The summed E-state index contributed by atoms with van der Waals surface area (Å²) < 4.78 is 54.3. The van der Waals surface area contributed by atoms with Crippen molar-refractivity contribution in [1.82, 2.24) is 0 Å². The van der Waals surface area contributed by atoms with Crippen LogP contribution in [-0.4, -0.2) is 238 Å². The highest BCUT2D eigenvalue weighted by Crippen LogP contribution is 2.74. The Kier molecular flexibility index (Phi) is 17.4. The van der Waals surface area contributed by atoms with Crippen molar-refractivity contribution in [3.05, 3.63) is 11.6 Å². The van der Waals surface area contributed by atoms with Crippen LogP contribution >= 0.6 is 0 Å². The molecular weight excluding hydrogens is 1060 g/mol. The number of aliphatic carboxylic acids is 1. The van der Waals surface area contributed by atoms with Crippen LogP contribution in [0.2, 0.25) is 0 Å². The number of carboxylic acids is 1. The zero-order valence-corrected chi connectivity index (χ0v) is 46.6. The topological polar surface area (TPSA) is 397 Å². The molecule has 0 bridgehead atoms. The zero-order chi connectivity index (χ0) is 58.7. The number of ketones is 1. The van der Waals surface area contributed by atoms with E-state index in [-0.39, 0.29) is 46.2 Å². The number of esters is 1. The van der Waals surface area contributed by atoms with Crippen molar-refractivity contribution in [2.45, 2.75) is 248 Å². The van der Waals surface area contributed by atoms with E-state index in [0.29, 0.717) is 38.5 Å². The summed E-state index contributed by atoms with van der Waals surface area (Å²) in [6, 6.07) is 0. The van der Waals surface area contributed by atoms with Gasteiger partial charge in [-0.15, -0.1) is 0 Å². The highest BCUT2D eigenvalue weighted by atomic mass is 16.8. The molecular formula is C55H86O25. The lowest BCUT2D eigenvalue weighted by Crippen LogP contribution is -2.69. The molecule has 0 radical (unpaired) electrons. The van der Waals surface area contributed by atoms with Crippen LogP contribution in [-0.2, 0) is 57.0 Å². The maximum Gasteiger partial charge on any atom is 0.335 e. The second-order valence-corrected chi connectivity index (χ2v) is 26.5. The van der Waals surface area contributed by atoms with Gasteiger partial charge in [-0.1, -0.05) is 60.1 Å². The lowest BCUT2D eigenvalue weighted by atomic mass is 9.34. The average Bonchev–Trinajstić information content (AvgIpc) is 3.50. The van der Waals surface area contributed by atoms with E-state index in [4.69, 9.17) is 42.6 Å². The van der Waals surface area contributed by atoms with Gasteiger partial charge in [0.05, 0.1) is 25.9 Å². The number of carboxylic acid groups (broad SMARTS) is 1. The van der Waals surface area contributed by atoms with Crippen molar-refractivity contribution in [3.63, 3.8) is 0 Å². The SMILES string of the molecule is CC(=O)O[C@@H]1[C@H](O)[C@@H](O)[C@H](O[C@H]2[C@H](O[C@H]3CC[C@]4(C)[C@H]5CC=C6[C@@H]7CC(C)(C)CC[C@]7(O)C(=O)C[C@@]6(C)[C@]5(C)CC[C@H]4C3(C)C)O[C@H](C(=O)O)[C@@H](O)[C@@H]2O[C@@H]2O[C@H](CO)[C@H](O)[C@H](O)[C@H]2O[C@@H]2O[C@H](CO)[C@@H](O)[C@H](O)[C@H]2O)O[C@@H]1CO. The molecule has 0 amide bonds. The van der Waals surface area contributed by atoms with Crippen molar-refractivity contribution in [2.75, 3.05) is 19.8 Å². The first kappa shape index (κ1) is 62.1. The number of carbonyl (C=O) groups excluding carboxylic acids is 2. The van der Waals surface area contributed by atoms with Gasteiger partial charge < -0.3 is 109 Å². The highest BCUT2D eigenvalue weighted by molar-refractivity contribution is 5.91. The average molecular weight is 1150 g/mol. The molecule has 0 unspecified atom stereocenters. The Morgan fingerprint density at radius 1 is 0.600 bits per heavy atom. The first-order valence-corrected chi connectivity index (χ1v) is 28.2. The van der Waals surface area contributed by atoms with Crippen LogP contribution in [0.1, 0.15) is 113 Å². The Labute approximate surface area is 464 Å². The Morgan fingerprint density at radius 3 is 1.76 bits per heavy atom. The van der Waals surface area contributed by atoms with Gasteiger partial charge in [0, 0.05) is 24.7 Å². The minimum atomic E-state index is -2.30. The van der Waals surface area contributed by atoms with Crippen molar-refractivity contribution < 1.29 is 123 Å². The summed E-state index contributed by atoms with van der Waals surface area (Å²) in [5, 5.41) is 143. The normalized spacial score (nSPS) is 51.9. The molecule has 28 atom stereocenters. The number of fused-ring (bicyclic) bond motifs is 7. The standard InChI is InChI=1S/C55H86O25/c1-22(59)72-40-27(21-58)75-47(38(67)36(40)65)80-44-41(77-48-43(35(64)33(62)26(20-57)74-48)79-46-37(66)34(63)32(61)25(19-56)73-46)39(68)42(45(69)70)78-49(44)76-31-12-13-52(6)28(51(31,4)5)11-14-53(7)29(52)10-9-23-24-17-50(2,3)15-16-55(24,71)30(60)18-54(23,53)8/h9,24-29,31-44,46-49,56-58,61-68,71H,10-21H2,1-8H3,(H,69,70)/t24-,25+,26+,27+,28-,29+,31-,32+,33-,34-,35-,36+,37+,38+,39-,40-,41-,42-,43+,44+,46-,47-,48-,49+,52-,53+,54+,55+/m0/s1. The number of rotatable bonds is 13. The van der Waals surface area contributed by atoms with E-state index in [1.165, 1.54) is 5.57 Å². The number of aliphatic hydroxyl groups excluding tert-OH is 11. The summed E-state index contributed by atoms with van der Waals surface area (Å²) in [5.41, 5.74) is -2.32. The molecule has 8 fully saturated rings. The minimum absolute atomic E-state index is 0.0612. The first-order chi connectivity index (χ1) is 37.3. The van der Waals surface area contributed by atoms with Gasteiger partial charge >= 0.3 is 11.9 Å². The van der Waals surface area contributed by atoms with E-state index in [1.807, 2.05) is 13.8 Å². The molecule has 4 aliphatic heterocycles. The van der Waals surface area contributed by atoms with Crippen LogP contribution in [0.25, 0.3) is 0 Å². The van der Waals surface area contributed by atoms with Gasteiger partial charge in [-0.25, -0.2) is 4.79 Å². The van der Waals surface area contributed by atoms with Gasteiger partial charge in [0.15, 0.2) is 43.2 Å². The minimum Gasteiger partial charge on any atom is -0.479 e. The number of aliphatic hydroxyl groups is 12. The lowest BCUT2D eigenvalue weighted by Gasteiger charge is -2.71. The zero-order valence-electron chi connectivity index (χ0n) is 46.6. The largest absolute Gasteiger partial charge is 0.479 e. The van der Waals surface area contributed by atoms with E-state index >= 15 is 0 Å².